The molecule has 7 nitrogen and oxygen atoms in total. The number of halogens is 1. The highest BCUT2D eigenvalue weighted by molar-refractivity contribution is 7.15. The van der Waals surface area contributed by atoms with Crippen molar-refractivity contribution in [3.05, 3.63) is 57.6 Å². The van der Waals surface area contributed by atoms with Crippen LogP contribution in [-0.4, -0.2) is 25.9 Å². The topological polar surface area (TPSA) is 89.8 Å². The summed E-state index contributed by atoms with van der Waals surface area (Å²) in [6.07, 6.45) is 0. The Morgan fingerprint density at radius 2 is 1.92 bits per heavy atom. The zero-order valence-electron chi connectivity index (χ0n) is 13.4. The number of aryl methyl sites for hydroxylation is 1. The molecule has 25 heavy (non-hydrogen) atoms. The van der Waals surface area contributed by atoms with Crippen LogP contribution in [0.5, 0.6) is 0 Å². The molecule has 0 saturated carbocycles. The molecular formula is C16H14FN5O2S. The van der Waals surface area contributed by atoms with E-state index in [0.29, 0.717) is 16.4 Å². The first-order valence-electron chi connectivity index (χ1n) is 7.41. The van der Waals surface area contributed by atoms with E-state index in [1.54, 1.807) is 26.0 Å². The molecule has 0 aliphatic rings. The molecule has 1 unspecified atom stereocenters. The first-order valence-corrected chi connectivity index (χ1v) is 8.22. The molecule has 128 valence electrons. The minimum absolute atomic E-state index is 0.358. The van der Waals surface area contributed by atoms with E-state index in [9.17, 15) is 14.0 Å². The molecule has 3 rings (SSSR count). The summed E-state index contributed by atoms with van der Waals surface area (Å²) in [5, 5.41) is 15.6. The lowest BCUT2D eigenvalue weighted by Crippen LogP contribution is -2.33. The van der Waals surface area contributed by atoms with Crippen LogP contribution in [0.3, 0.4) is 0 Å². The van der Waals surface area contributed by atoms with Gasteiger partial charge in [0.2, 0.25) is 5.13 Å². The van der Waals surface area contributed by atoms with Crippen LogP contribution in [0.1, 0.15) is 18.0 Å². The third-order valence-corrected chi connectivity index (χ3v) is 4.22. The van der Waals surface area contributed by atoms with Gasteiger partial charge in [0.1, 0.15) is 16.9 Å². The Bertz CT molecular complexity index is 967. The van der Waals surface area contributed by atoms with Crippen molar-refractivity contribution in [2.45, 2.75) is 19.9 Å². The van der Waals surface area contributed by atoms with Gasteiger partial charge in [-0.3, -0.25) is 14.9 Å². The summed E-state index contributed by atoms with van der Waals surface area (Å²) in [5.41, 5.74) is 0.690. The predicted octanol–water partition coefficient (Wildman–Crippen LogP) is 2.41. The van der Waals surface area contributed by atoms with Crippen molar-refractivity contribution < 1.29 is 9.18 Å². The number of hydrogen-bond donors (Lipinski definition) is 1. The third-order valence-electron chi connectivity index (χ3n) is 3.47. The van der Waals surface area contributed by atoms with E-state index in [2.05, 4.69) is 20.6 Å². The minimum atomic E-state index is -0.850. The summed E-state index contributed by atoms with van der Waals surface area (Å²) in [4.78, 5) is 24.4. The van der Waals surface area contributed by atoms with E-state index in [0.717, 1.165) is 9.69 Å². The Morgan fingerprint density at radius 3 is 2.56 bits per heavy atom. The smallest absolute Gasteiger partial charge is 0.267 e. The fourth-order valence-corrected chi connectivity index (χ4v) is 2.74. The maximum Gasteiger partial charge on any atom is 0.267 e. The summed E-state index contributed by atoms with van der Waals surface area (Å²) in [6.45, 7) is 3.33. The van der Waals surface area contributed by atoms with Gasteiger partial charge in [0.15, 0.2) is 0 Å². The molecule has 2 heterocycles. The second kappa shape index (κ2) is 6.89. The van der Waals surface area contributed by atoms with Crippen molar-refractivity contribution in [3.8, 4) is 11.3 Å². The molecule has 0 fully saturated rings. The number of hydrogen-bond acceptors (Lipinski definition) is 6. The number of carbonyl (C=O) groups excluding carboxylic acids is 1. The van der Waals surface area contributed by atoms with Gasteiger partial charge in [0.05, 0.1) is 5.69 Å². The normalized spacial score (nSPS) is 12.0. The number of rotatable bonds is 4. The Kier molecular flexibility index (Phi) is 4.66. The Morgan fingerprint density at radius 1 is 1.20 bits per heavy atom. The maximum absolute atomic E-state index is 13.1. The summed E-state index contributed by atoms with van der Waals surface area (Å²) < 4.78 is 14.1. The summed E-state index contributed by atoms with van der Waals surface area (Å²) >= 11 is 1.24. The van der Waals surface area contributed by atoms with Crippen molar-refractivity contribution in [2.75, 3.05) is 5.32 Å². The van der Waals surface area contributed by atoms with Gasteiger partial charge in [0.25, 0.3) is 11.5 Å². The van der Waals surface area contributed by atoms with E-state index in [1.165, 1.54) is 35.6 Å². The zero-order valence-corrected chi connectivity index (χ0v) is 14.2. The number of carbonyl (C=O) groups is 1. The summed E-state index contributed by atoms with van der Waals surface area (Å²) in [6, 6.07) is 7.73. The number of nitrogens with zero attached hydrogens (tertiary/aromatic N) is 4. The quantitative estimate of drug-likeness (QED) is 0.773. The second-order valence-electron chi connectivity index (χ2n) is 5.30. The SMILES string of the molecule is Cc1nnc(NC(=O)C(C)n2nc(-c3ccc(F)cc3)ccc2=O)s1. The van der Waals surface area contributed by atoms with Crippen LogP contribution in [-0.2, 0) is 4.79 Å². The number of nitrogens with one attached hydrogen (secondary N) is 1. The molecule has 2 aromatic heterocycles. The first kappa shape index (κ1) is 16.9. The van der Waals surface area contributed by atoms with Crippen LogP contribution < -0.4 is 10.9 Å². The predicted molar refractivity (Wildman–Crippen MR) is 91.9 cm³/mol. The lowest BCUT2D eigenvalue weighted by atomic mass is 10.1. The molecule has 0 spiro atoms. The third kappa shape index (κ3) is 3.77. The number of anilines is 1. The molecule has 1 atom stereocenters. The van der Waals surface area contributed by atoms with Crippen LogP contribution >= 0.6 is 11.3 Å². The molecule has 3 aromatic rings. The molecule has 1 aromatic carbocycles. The molecular weight excluding hydrogens is 345 g/mol. The molecule has 9 heteroatoms. The average molecular weight is 359 g/mol. The van der Waals surface area contributed by atoms with Gasteiger partial charge in [-0.15, -0.1) is 10.2 Å². The lowest BCUT2D eigenvalue weighted by Gasteiger charge is -2.13. The molecule has 0 radical (unpaired) electrons. The van der Waals surface area contributed by atoms with E-state index in [-0.39, 0.29) is 5.82 Å². The highest BCUT2D eigenvalue weighted by atomic mass is 32.1. The first-order chi connectivity index (χ1) is 11.9. The molecule has 0 aliphatic heterocycles. The van der Waals surface area contributed by atoms with Crippen LogP contribution in [0.2, 0.25) is 0 Å². The van der Waals surface area contributed by atoms with E-state index >= 15 is 0 Å². The molecule has 1 N–H and O–H groups in total. The molecule has 1 amide bonds. The van der Waals surface area contributed by atoms with E-state index in [1.807, 2.05) is 0 Å². The van der Waals surface area contributed by atoms with Crippen molar-refractivity contribution in [3.63, 3.8) is 0 Å². The standard InChI is InChI=1S/C16H14FN5O2S/c1-9(15(24)18-16-20-19-10(2)25-16)22-14(23)8-7-13(21-22)11-3-5-12(17)6-4-11/h3-9H,1-2H3,(H,18,20,24). The Labute approximate surface area is 146 Å². The highest BCUT2D eigenvalue weighted by Crippen LogP contribution is 2.18. The van der Waals surface area contributed by atoms with Gasteiger partial charge in [-0.25, -0.2) is 9.07 Å². The number of aromatic nitrogens is 4. The van der Waals surface area contributed by atoms with Crippen LogP contribution in [0.15, 0.2) is 41.2 Å². The van der Waals surface area contributed by atoms with Crippen LogP contribution in [0, 0.1) is 12.7 Å². The zero-order chi connectivity index (χ0) is 18.0. The highest BCUT2D eigenvalue weighted by Gasteiger charge is 2.19. The van der Waals surface area contributed by atoms with Gasteiger partial charge in [-0.05, 0) is 44.2 Å². The summed E-state index contributed by atoms with van der Waals surface area (Å²) in [5.74, 6) is -0.792. The fraction of sp³-hybridized carbons (Fsp3) is 0.188. The van der Waals surface area contributed by atoms with E-state index in [4.69, 9.17) is 0 Å². The Hall–Kier alpha value is -2.94. The maximum atomic E-state index is 13.1. The van der Waals surface area contributed by atoms with Crippen molar-refractivity contribution in [1.29, 1.82) is 0 Å². The monoisotopic (exact) mass is 359 g/mol. The van der Waals surface area contributed by atoms with Gasteiger partial charge < -0.3 is 0 Å². The van der Waals surface area contributed by atoms with Gasteiger partial charge in [0, 0.05) is 11.6 Å². The molecule has 0 aliphatic carbocycles. The van der Waals surface area contributed by atoms with Gasteiger partial charge in [-0.1, -0.05) is 11.3 Å². The molecule has 0 saturated heterocycles. The number of benzene rings is 1. The Balaban J connectivity index is 1.87. The van der Waals surface area contributed by atoms with Crippen molar-refractivity contribution >= 4 is 22.4 Å². The van der Waals surface area contributed by atoms with Gasteiger partial charge in [-0.2, -0.15) is 5.10 Å². The van der Waals surface area contributed by atoms with Crippen LogP contribution in [0.25, 0.3) is 11.3 Å². The second-order valence-corrected chi connectivity index (χ2v) is 6.48. The largest absolute Gasteiger partial charge is 0.299 e. The van der Waals surface area contributed by atoms with Crippen LogP contribution in [0.4, 0.5) is 9.52 Å². The average Bonchev–Trinajstić information content (AvgIpc) is 3.00. The van der Waals surface area contributed by atoms with Crippen molar-refractivity contribution in [2.24, 2.45) is 0 Å². The fourth-order valence-electron chi connectivity index (χ4n) is 2.15. The summed E-state index contributed by atoms with van der Waals surface area (Å²) in [7, 11) is 0. The minimum Gasteiger partial charge on any atom is -0.299 e. The van der Waals surface area contributed by atoms with Crippen molar-refractivity contribution in [1.82, 2.24) is 20.0 Å². The lowest BCUT2D eigenvalue weighted by molar-refractivity contribution is -0.119. The molecule has 0 bridgehead atoms. The van der Waals surface area contributed by atoms with E-state index < -0.39 is 17.5 Å². The van der Waals surface area contributed by atoms with Gasteiger partial charge >= 0.3 is 0 Å². The number of amides is 1.